The molecule has 0 N–H and O–H groups in total. The molecule has 0 spiro atoms. The molecule has 0 atom stereocenters. The number of esters is 1. The summed E-state index contributed by atoms with van der Waals surface area (Å²) in [6.07, 6.45) is 0.671. The average molecular weight is 349 g/mol. The number of pyridine rings is 1. The zero-order valence-electron chi connectivity index (χ0n) is 15.6. The number of fused-ring (bicyclic) bond motifs is 1. The highest BCUT2D eigenvalue weighted by molar-refractivity contribution is 5.98. The number of hydrogen-bond donors (Lipinski definition) is 0. The first-order valence-corrected chi connectivity index (χ1v) is 8.74. The maximum Gasteiger partial charge on any atom is 0.340 e. The summed E-state index contributed by atoms with van der Waals surface area (Å²) in [6, 6.07) is 13.7. The number of carbonyl (C=O) groups excluding carboxylic acids is 1. The normalized spacial score (nSPS) is 10.8. The van der Waals surface area contributed by atoms with Crippen molar-refractivity contribution in [3.05, 3.63) is 70.4 Å². The van der Waals surface area contributed by atoms with Crippen molar-refractivity contribution in [1.29, 1.82) is 0 Å². The van der Waals surface area contributed by atoms with E-state index in [4.69, 9.17) is 9.47 Å². The van der Waals surface area contributed by atoms with Crippen LogP contribution in [0.3, 0.4) is 0 Å². The number of benzene rings is 2. The lowest BCUT2D eigenvalue weighted by Crippen LogP contribution is -2.12. The number of nitrogens with zero attached hydrogens (tertiary/aromatic N) is 1. The van der Waals surface area contributed by atoms with Crippen LogP contribution in [-0.2, 0) is 17.8 Å². The molecular formula is C22H23NO3. The van der Waals surface area contributed by atoms with Gasteiger partial charge in [-0.15, -0.1) is 0 Å². The van der Waals surface area contributed by atoms with Crippen LogP contribution in [0.25, 0.3) is 10.9 Å². The van der Waals surface area contributed by atoms with Crippen LogP contribution in [0.1, 0.15) is 39.7 Å². The Morgan fingerprint density at radius 1 is 1.12 bits per heavy atom. The molecule has 0 aliphatic rings. The molecule has 3 aromatic rings. The molecule has 0 fully saturated rings. The summed E-state index contributed by atoms with van der Waals surface area (Å²) in [6.45, 7) is 6.11. The zero-order valence-corrected chi connectivity index (χ0v) is 15.6. The Balaban J connectivity index is 1.93. The number of para-hydroxylation sites is 1. The van der Waals surface area contributed by atoms with Gasteiger partial charge in [-0.3, -0.25) is 4.98 Å². The number of carbonyl (C=O) groups is 1. The molecule has 0 unspecified atom stereocenters. The first kappa shape index (κ1) is 17.9. The molecule has 0 aliphatic heterocycles. The van der Waals surface area contributed by atoms with Gasteiger partial charge < -0.3 is 9.47 Å². The first-order valence-electron chi connectivity index (χ1n) is 8.74. The van der Waals surface area contributed by atoms with Gasteiger partial charge in [0.15, 0.2) is 0 Å². The number of aromatic nitrogens is 1. The van der Waals surface area contributed by atoms with Crippen molar-refractivity contribution in [1.82, 2.24) is 4.98 Å². The van der Waals surface area contributed by atoms with Crippen LogP contribution in [0.4, 0.5) is 0 Å². The molecule has 0 aliphatic carbocycles. The summed E-state index contributed by atoms with van der Waals surface area (Å²) in [5.41, 5.74) is 5.09. The van der Waals surface area contributed by atoms with Crippen LogP contribution in [0.15, 0.2) is 42.5 Å². The SMILES string of the molecule is CCc1nc2ccccc2c(C)c1C(=O)OCc1cc(C)ccc1OC. The smallest absolute Gasteiger partial charge is 0.340 e. The van der Waals surface area contributed by atoms with E-state index in [2.05, 4.69) is 4.98 Å². The van der Waals surface area contributed by atoms with Gasteiger partial charge >= 0.3 is 5.97 Å². The zero-order chi connectivity index (χ0) is 18.7. The predicted octanol–water partition coefficient (Wildman–Crippen LogP) is 4.78. The van der Waals surface area contributed by atoms with Crippen LogP contribution in [0.2, 0.25) is 0 Å². The van der Waals surface area contributed by atoms with Crippen molar-refractivity contribution >= 4 is 16.9 Å². The summed E-state index contributed by atoms with van der Waals surface area (Å²) >= 11 is 0. The molecule has 134 valence electrons. The van der Waals surface area contributed by atoms with Gasteiger partial charge in [-0.2, -0.15) is 0 Å². The number of methoxy groups -OCH3 is 1. The Morgan fingerprint density at radius 2 is 1.88 bits per heavy atom. The maximum atomic E-state index is 12.8. The second-order valence-corrected chi connectivity index (χ2v) is 6.32. The molecule has 3 rings (SSSR count). The second kappa shape index (κ2) is 7.56. The van der Waals surface area contributed by atoms with Crippen LogP contribution in [0, 0.1) is 13.8 Å². The molecule has 1 aromatic heterocycles. The van der Waals surface area contributed by atoms with Gasteiger partial charge in [-0.1, -0.05) is 36.8 Å². The third-order valence-electron chi connectivity index (χ3n) is 4.56. The Kier molecular flexibility index (Phi) is 5.21. The summed E-state index contributed by atoms with van der Waals surface area (Å²) in [5.74, 6) is 0.369. The fourth-order valence-electron chi connectivity index (χ4n) is 3.20. The van der Waals surface area contributed by atoms with Gasteiger partial charge in [-0.05, 0) is 44.0 Å². The van der Waals surface area contributed by atoms with Crippen molar-refractivity contribution in [2.75, 3.05) is 7.11 Å². The lowest BCUT2D eigenvalue weighted by Gasteiger charge is -2.14. The Hall–Kier alpha value is -2.88. The highest BCUT2D eigenvalue weighted by atomic mass is 16.5. The van der Waals surface area contributed by atoms with Gasteiger partial charge in [0.2, 0.25) is 0 Å². The lowest BCUT2D eigenvalue weighted by atomic mass is 10.0. The molecule has 0 bridgehead atoms. The second-order valence-electron chi connectivity index (χ2n) is 6.32. The standard InChI is InChI=1S/C22H23NO3/c1-5-18-21(15(3)17-8-6-7-9-19(17)23-18)22(24)26-13-16-12-14(2)10-11-20(16)25-4/h6-12H,5,13H2,1-4H3. The molecule has 0 saturated heterocycles. The van der Waals surface area contributed by atoms with E-state index in [9.17, 15) is 4.79 Å². The number of ether oxygens (including phenoxy) is 2. The minimum atomic E-state index is -0.346. The topological polar surface area (TPSA) is 48.4 Å². The third-order valence-corrected chi connectivity index (χ3v) is 4.56. The first-order chi connectivity index (χ1) is 12.5. The van der Waals surface area contributed by atoms with Crippen molar-refractivity contribution in [2.45, 2.75) is 33.8 Å². The number of aryl methyl sites for hydroxylation is 3. The Bertz CT molecular complexity index is 963. The van der Waals surface area contributed by atoms with Gasteiger partial charge in [-0.25, -0.2) is 4.79 Å². The minimum Gasteiger partial charge on any atom is -0.496 e. The summed E-state index contributed by atoms with van der Waals surface area (Å²) in [7, 11) is 1.61. The monoisotopic (exact) mass is 349 g/mol. The summed E-state index contributed by atoms with van der Waals surface area (Å²) in [4.78, 5) is 17.5. The highest BCUT2D eigenvalue weighted by Gasteiger charge is 2.19. The average Bonchev–Trinajstić information content (AvgIpc) is 2.66. The molecule has 4 nitrogen and oxygen atoms in total. The van der Waals surface area contributed by atoms with E-state index in [0.29, 0.717) is 17.7 Å². The molecule has 0 amide bonds. The molecule has 4 heteroatoms. The highest BCUT2D eigenvalue weighted by Crippen LogP contribution is 2.25. The fourth-order valence-corrected chi connectivity index (χ4v) is 3.20. The quantitative estimate of drug-likeness (QED) is 0.622. The fraction of sp³-hybridized carbons (Fsp3) is 0.273. The largest absolute Gasteiger partial charge is 0.496 e. The van der Waals surface area contributed by atoms with Crippen LogP contribution < -0.4 is 4.74 Å². The predicted molar refractivity (Wildman–Crippen MR) is 103 cm³/mol. The van der Waals surface area contributed by atoms with Crippen LogP contribution in [-0.4, -0.2) is 18.1 Å². The number of hydrogen-bond acceptors (Lipinski definition) is 4. The van der Waals surface area contributed by atoms with E-state index in [0.717, 1.165) is 33.3 Å². The molecule has 2 aromatic carbocycles. The molecular weight excluding hydrogens is 326 g/mol. The Labute approximate surface area is 153 Å². The van der Waals surface area contributed by atoms with Gasteiger partial charge in [0.1, 0.15) is 12.4 Å². The van der Waals surface area contributed by atoms with Crippen LogP contribution >= 0.6 is 0 Å². The molecule has 26 heavy (non-hydrogen) atoms. The minimum absolute atomic E-state index is 0.166. The van der Waals surface area contributed by atoms with Crippen LogP contribution in [0.5, 0.6) is 5.75 Å². The van der Waals surface area contributed by atoms with E-state index in [1.807, 2.05) is 63.2 Å². The van der Waals surface area contributed by atoms with E-state index < -0.39 is 0 Å². The lowest BCUT2D eigenvalue weighted by molar-refractivity contribution is 0.0467. The number of rotatable bonds is 5. The maximum absolute atomic E-state index is 12.8. The van der Waals surface area contributed by atoms with Crippen molar-refractivity contribution in [3.8, 4) is 5.75 Å². The van der Waals surface area contributed by atoms with Gasteiger partial charge in [0.25, 0.3) is 0 Å². The summed E-state index contributed by atoms with van der Waals surface area (Å²) < 4.78 is 11.0. The van der Waals surface area contributed by atoms with Crippen molar-refractivity contribution < 1.29 is 14.3 Å². The van der Waals surface area contributed by atoms with E-state index in [1.165, 1.54) is 0 Å². The van der Waals surface area contributed by atoms with Gasteiger partial charge in [0.05, 0.1) is 23.9 Å². The summed E-state index contributed by atoms with van der Waals surface area (Å²) in [5, 5.41) is 0.977. The van der Waals surface area contributed by atoms with Crippen molar-refractivity contribution in [2.24, 2.45) is 0 Å². The molecule has 1 heterocycles. The van der Waals surface area contributed by atoms with E-state index in [1.54, 1.807) is 7.11 Å². The van der Waals surface area contributed by atoms with Crippen molar-refractivity contribution in [3.63, 3.8) is 0 Å². The van der Waals surface area contributed by atoms with Gasteiger partial charge in [0, 0.05) is 10.9 Å². The molecule has 0 saturated carbocycles. The molecule has 0 radical (unpaired) electrons. The third kappa shape index (κ3) is 3.40. The Morgan fingerprint density at radius 3 is 2.62 bits per heavy atom. The van der Waals surface area contributed by atoms with E-state index >= 15 is 0 Å². The van der Waals surface area contributed by atoms with E-state index in [-0.39, 0.29) is 12.6 Å².